The van der Waals surface area contributed by atoms with Gasteiger partial charge in [-0.25, -0.2) is 0 Å². The minimum atomic E-state index is -0.132. The largest absolute Gasteiger partial charge is 0.296 e. The summed E-state index contributed by atoms with van der Waals surface area (Å²) in [7, 11) is 0. The zero-order valence-corrected chi connectivity index (χ0v) is 14.2. The number of nitrogens with zero attached hydrogens (tertiary/aromatic N) is 2. The van der Waals surface area contributed by atoms with Gasteiger partial charge in [-0.3, -0.25) is 10.1 Å². The maximum absolute atomic E-state index is 12.5. The van der Waals surface area contributed by atoms with Crippen molar-refractivity contribution in [3.05, 3.63) is 53.0 Å². The zero-order chi connectivity index (χ0) is 16.4. The first-order valence-corrected chi connectivity index (χ1v) is 9.25. The van der Waals surface area contributed by atoms with Crippen LogP contribution in [0.15, 0.2) is 42.5 Å². The highest BCUT2D eigenvalue weighted by molar-refractivity contribution is 7.15. The molecular weight excluding hydrogens is 318 g/mol. The first-order chi connectivity index (χ1) is 11.8. The van der Waals surface area contributed by atoms with E-state index in [0.29, 0.717) is 16.6 Å². The van der Waals surface area contributed by atoms with E-state index in [1.165, 1.54) is 43.4 Å². The molecule has 122 valence electrons. The first kappa shape index (κ1) is 15.3. The van der Waals surface area contributed by atoms with Gasteiger partial charge in [0.15, 0.2) is 0 Å². The lowest BCUT2D eigenvalue weighted by Gasteiger charge is -2.18. The van der Waals surface area contributed by atoms with E-state index in [2.05, 4.69) is 15.5 Å². The fourth-order valence-corrected chi connectivity index (χ4v) is 4.21. The van der Waals surface area contributed by atoms with E-state index in [1.807, 2.05) is 42.5 Å². The Kier molecular flexibility index (Phi) is 4.26. The summed E-state index contributed by atoms with van der Waals surface area (Å²) in [5.41, 5.74) is 0.642. The molecule has 0 unspecified atom stereocenters. The third kappa shape index (κ3) is 3.17. The fraction of sp³-hybridized carbons (Fsp3) is 0.316. The molecule has 1 heterocycles. The van der Waals surface area contributed by atoms with E-state index < -0.39 is 0 Å². The van der Waals surface area contributed by atoms with Crippen LogP contribution in [0.2, 0.25) is 0 Å². The molecule has 4 nitrogen and oxygen atoms in total. The number of hydrogen-bond acceptors (Lipinski definition) is 4. The highest BCUT2D eigenvalue weighted by atomic mass is 32.1. The van der Waals surface area contributed by atoms with Gasteiger partial charge >= 0.3 is 0 Å². The Morgan fingerprint density at radius 3 is 2.62 bits per heavy atom. The molecule has 0 aliphatic heterocycles. The summed E-state index contributed by atoms with van der Waals surface area (Å²) < 4.78 is 0. The molecule has 4 rings (SSSR count). The van der Waals surface area contributed by atoms with Gasteiger partial charge in [-0.05, 0) is 35.7 Å². The lowest BCUT2D eigenvalue weighted by atomic mass is 9.90. The Labute approximate surface area is 144 Å². The van der Waals surface area contributed by atoms with Gasteiger partial charge in [0.2, 0.25) is 5.13 Å². The van der Waals surface area contributed by atoms with Crippen molar-refractivity contribution in [2.45, 2.75) is 38.0 Å². The average Bonchev–Trinajstić information content (AvgIpc) is 3.10. The van der Waals surface area contributed by atoms with E-state index in [-0.39, 0.29) is 5.91 Å². The first-order valence-electron chi connectivity index (χ1n) is 8.43. The molecule has 1 amide bonds. The number of amides is 1. The number of fused-ring (bicyclic) bond motifs is 1. The van der Waals surface area contributed by atoms with Crippen LogP contribution in [0.25, 0.3) is 10.8 Å². The van der Waals surface area contributed by atoms with Crippen molar-refractivity contribution in [1.82, 2.24) is 10.2 Å². The number of carbonyl (C=O) groups excluding carboxylic acids is 1. The van der Waals surface area contributed by atoms with Gasteiger partial charge in [-0.2, -0.15) is 0 Å². The molecule has 0 atom stereocenters. The molecule has 2 aromatic carbocycles. The summed E-state index contributed by atoms with van der Waals surface area (Å²) >= 11 is 1.51. The molecule has 0 spiro atoms. The molecule has 1 fully saturated rings. The van der Waals surface area contributed by atoms with Gasteiger partial charge in [0.1, 0.15) is 5.01 Å². The number of rotatable bonds is 3. The normalized spacial score (nSPS) is 15.5. The highest BCUT2D eigenvalue weighted by Gasteiger charge is 2.20. The molecule has 3 aromatic rings. The lowest BCUT2D eigenvalue weighted by Crippen LogP contribution is -2.11. The van der Waals surface area contributed by atoms with E-state index in [0.717, 1.165) is 15.8 Å². The molecule has 1 N–H and O–H groups in total. The van der Waals surface area contributed by atoms with Crippen LogP contribution in [0.3, 0.4) is 0 Å². The standard InChI is InChI=1S/C19H19N3OS/c23-17(16-11-10-13-6-4-5-9-15(13)12-16)20-19-22-21-18(24-19)14-7-2-1-3-8-14/h4-6,9-12,14H,1-3,7-8H2,(H,20,22,23). The third-order valence-electron chi connectivity index (χ3n) is 4.63. The predicted octanol–water partition coefficient (Wildman–Crippen LogP) is 4.99. The molecule has 0 saturated heterocycles. The zero-order valence-electron chi connectivity index (χ0n) is 13.4. The van der Waals surface area contributed by atoms with Gasteiger partial charge in [-0.1, -0.05) is 60.9 Å². The minimum Gasteiger partial charge on any atom is -0.296 e. The van der Waals surface area contributed by atoms with Crippen LogP contribution in [-0.2, 0) is 0 Å². The van der Waals surface area contributed by atoms with Crippen LogP contribution >= 0.6 is 11.3 Å². The van der Waals surface area contributed by atoms with Crippen LogP contribution < -0.4 is 5.32 Å². The number of carbonyl (C=O) groups is 1. The summed E-state index contributed by atoms with van der Waals surface area (Å²) in [5.74, 6) is 0.384. The topological polar surface area (TPSA) is 54.9 Å². The van der Waals surface area contributed by atoms with E-state index in [4.69, 9.17) is 0 Å². The average molecular weight is 337 g/mol. The quantitative estimate of drug-likeness (QED) is 0.732. The second-order valence-corrected chi connectivity index (χ2v) is 7.31. The minimum absolute atomic E-state index is 0.132. The Hall–Kier alpha value is -2.27. The van der Waals surface area contributed by atoms with E-state index >= 15 is 0 Å². The summed E-state index contributed by atoms with van der Waals surface area (Å²) in [6.07, 6.45) is 6.23. The predicted molar refractivity (Wildman–Crippen MR) is 97.6 cm³/mol. The molecule has 1 aliphatic rings. The molecule has 1 aliphatic carbocycles. The molecule has 1 saturated carbocycles. The maximum atomic E-state index is 12.5. The molecule has 0 bridgehead atoms. The van der Waals surface area contributed by atoms with E-state index in [9.17, 15) is 4.79 Å². The molecule has 24 heavy (non-hydrogen) atoms. The van der Waals surface area contributed by atoms with Crippen molar-refractivity contribution in [3.8, 4) is 0 Å². The molecular formula is C19H19N3OS. The number of hydrogen-bond donors (Lipinski definition) is 1. The van der Waals surface area contributed by atoms with Crippen LogP contribution in [0.5, 0.6) is 0 Å². The van der Waals surface area contributed by atoms with Crippen LogP contribution in [-0.4, -0.2) is 16.1 Å². The van der Waals surface area contributed by atoms with Gasteiger partial charge in [0.25, 0.3) is 5.91 Å². The van der Waals surface area contributed by atoms with Crippen molar-refractivity contribution in [2.24, 2.45) is 0 Å². The van der Waals surface area contributed by atoms with Gasteiger partial charge in [-0.15, -0.1) is 10.2 Å². The van der Waals surface area contributed by atoms with Crippen LogP contribution in [0.1, 0.15) is 53.4 Å². The number of benzene rings is 2. The second-order valence-electron chi connectivity index (χ2n) is 6.30. The van der Waals surface area contributed by atoms with Crippen LogP contribution in [0.4, 0.5) is 5.13 Å². The lowest BCUT2D eigenvalue weighted by molar-refractivity contribution is 0.102. The Morgan fingerprint density at radius 2 is 1.79 bits per heavy atom. The van der Waals surface area contributed by atoms with Gasteiger partial charge in [0.05, 0.1) is 0 Å². The summed E-state index contributed by atoms with van der Waals surface area (Å²) in [5, 5.41) is 15.2. The smallest absolute Gasteiger partial charge is 0.257 e. The molecule has 5 heteroatoms. The van der Waals surface area contributed by atoms with Gasteiger partial charge < -0.3 is 0 Å². The number of anilines is 1. The highest BCUT2D eigenvalue weighted by Crippen LogP contribution is 2.35. The summed E-state index contributed by atoms with van der Waals surface area (Å²) in [6.45, 7) is 0. The Bertz CT molecular complexity index is 868. The fourth-order valence-electron chi connectivity index (χ4n) is 3.30. The second kappa shape index (κ2) is 6.69. The van der Waals surface area contributed by atoms with Crippen molar-refractivity contribution in [2.75, 3.05) is 5.32 Å². The monoisotopic (exact) mass is 337 g/mol. The van der Waals surface area contributed by atoms with Gasteiger partial charge in [0, 0.05) is 11.5 Å². The maximum Gasteiger partial charge on any atom is 0.257 e. The van der Waals surface area contributed by atoms with Crippen molar-refractivity contribution in [3.63, 3.8) is 0 Å². The summed E-state index contributed by atoms with van der Waals surface area (Å²) in [6, 6.07) is 13.8. The number of aromatic nitrogens is 2. The SMILES string of the molecule is O=C(Nc1nnc(C2CCCCC2)s1)c1ccc2ccccc2c1. The van der Waals surface area contributed by atoms with Crippen molar-refractivity contribution in [1.29, 1.82) is 0 Å². The molecule has 0 radical (unpaired) electrons. The van der Waals surface area contributed by atoms with E-state index in [1.54, 1.807) is 0 Å². The van der Waals surface area contributed by atoms with Crippen LogP contribution in [0, 0.1) is 0 Å². The number of nitrogens with one attached hydrogen (secondary N) is 1. The Balaban J connectivity index is 1.49. The Morgan fingerprint density at radius 1 is 1.00 bits per heavy atom. The summed E-state index contributed by atoms with van der Waals surface area (Å²) in [4.78, 5) is 12.5. The third-order valence-corrected chi connectivity index (χ3v) is 5.63. The molecule has 1 aromatic heterocycles. The van der Waals surface area contributed by atoms with Crippen molar-refractivity contribution < 1.29 is 4.79 Å². The van der Waals surface area contributed by atoms with Crippen molar-refractivity contribution >= 4 is 33.1 Å².